The summed E-state index contributed by atoms with van der Waals surface area (Å²) < 4.78 is 5.79. The number of nitrogens with two attached hydrogens (primary N) is 1. The summed E-state index contributed by atoms with van der Waals surface area (Å²) >= 11 is 1.56. The number of hydrogen-bond donors (Lipinski definition) is 1. The average molecular weight is 236 g/mol. The summed E-state index contributed by atoms with van der Waals surface area (Å²) in [4.78, 5) is 13.7. The van der Waals surface area contributed by atoms with Crippen LogP contribution in [0.2, 0.25) is 0 Å². The maximum absolute atomic E-state index is 5.79. The number of fused-ring (bicyclic) bond motifs is 1. The van der Waals surface area contributed by atoms with Gasteiger partial charge in [0.1, 0.15) is 11.1 Å². The lowest BCUT2D eigenvalue weighted by molar-refractivity contribution is 0.0498. The Morgan fingerprint density at radius 2 is 2.25 bits per heavy atom. The van der Waals surface area contributed by atoms with Crippen molar-refractivity contribution in [1.29, 1.82) is 0 Å². The zero-order valence-electron chi connectivity index (χ0n) is 8.67. The number of nitrogens with zero attached hydrogens (tertiary/aromatic N) is 3. The third kappa shape index (κ3) is 1.68. The van der Waals surface area contributed by atoms with Gasteiger partial charge >= 0.3 is 0 Å². The summed E-state index contributed by atoms with van der Waals surface area (Å²) in [6.07, 6.45) is 5.60. The van der Waals surface area contributed by atoms with Crippen LogP contribution in [-0.2, 0) is 4.74 Å². The van der Waals surface area contributed by atoms with Gasteiger partial charge in [-0.3, -0.25) is 0 Å². The predicted octanol–water partition coefficient (Wildman–Crippen LogP) is 1.27. The molecule has 2 unspecified atom stereocenters. The molecule has 2 aromatic heterocycles. The highest BCUT2D eigenvalue weighted by Crippen LogP contribution is 2.35. The molecule has 0 radical (unpaired) electrons. The van der Waals surface area contributed by atoms with Gasteiger partial charge in [0.25, 0.3) is 0 Å². The number of rotatable bonds is 2. The van der Waals surface area contributed by atoms with Crippen LogP contribution in [0.4, 0.5) is 0 Å². The molecule has 0 aromatic carbocycles. The smallest absolute Gasteiger partial charge is 0.189 e. The van der Waals surface area contributed by atoms with Crippen LogP contribution in [0.3, 0.4) is 0 Å². The predicted molar refractivity (Wildman–Crippen MR) is 61.1 cm³/mol. The van der Waals surface area contributed by atoms with E-state index in [1.807, 2.05) is 0 Å². The van der Waals surface area contributed by atoms with Gasteiger partial charge in [-0.1, -0.05) is 11.3 Å². The van der Waals surface area contributed by atoms with Crippen molar-refractivity contribution in [1.82, 2.24) is 15.0 Å². The first-order valence-electron chi connectivity index (χ1n) is 5.30. The topological polar surface area (TPSA) is 73.9 Å². The molecular weight excluding hydrogens is 224 g/mol. The van der Waals surface area contributed by atoms with E-state index in [4.69, 9.17) is 10.5 Å². The van der Waals surface area contributed by atoms with E-state index in [1.54, 1.807) is 23.7 Å². The highest BCUT2D eigenvalue weighted by molar-refractivity contribution is 7.18. The molecule has 2 atom stereocenters. The Labute approximate surface area is 96.7 Å². The summed E-state index contributed by atoms with van der Waals surface area (Å²) in [6, 6.07) is 0. The van der Waals surface area contributed by atoms with E-state index in [-0.39, 0.29) is 12.2 Å². The van der Waals surface area contributed by atoms with E-state index in [0.717, 1.165) is 22.7 Å². The molecule has 2 N–H and O–H groups in total. The first-order chi connectivity index (χ1) is 7.86. The number of hydrogen-bond acceptors (Lipinski definition) is 6. The second-order valence-corrected chi connectivity index (χ2v) is 4.81. The van der Waals surface area contributed by atoms with Crippen LogP contribution >= 0.6 is 11.3 Å². The van der Waals surface area contributed by atoms with Gasteiger partial charge in [0.15, 0.2) is 10.5 Å². The number of aromatic nitrogens is 3. The van der Waals surface area contributed by atoms with Crippen LogP contribution in [-0.4, -0.2) is 27.6 Å². The quantitative estimate of drug-likeness (QED) is 0.849. The molecular formula is C10H12N4OS. The van der Waals surface area contributed by atoms with Crippen LogP contribution in [0, 0.1) is 0 Å². The fraction of sp³-hybridized carbons (Fsp3) is 0.500. The molecule has 84 valence electrons. The van der Waals surface area contributed by atoms with E-state index in [1.165, 1.54) is 0 Å². The number of thiazole rings is 1. The molecule has 1 aliphatic rings. The van der Waals surface area contributed by atoms with Crippen molar-refractivity contribution in [3.8, 4) is 0 Å². The van der Waals surface area contributed by atoms with E-state index >= 15 is 0 Å². The van der Waals surface area contributed by atoms with Gasteiger partial charge < -0.3 is 10.5 Å². The van der Waals surface area contributed by atoms with Gasteiger partial charge in [0.2, 0.25) is 0 Å². The lowest BCUT2D eigenvalue weighted by atomic mass is 10.2. The minimum Gasteiger partial charge on any atom is -0.366 e. The van der Waals surface area contributed by atoms with E-state index in [2.05, 4.69) is 15.0 Å². The molecule has 3 rings (SSSR count). The molecule has 3 heterocycles. The molecule has 0 bridgehead atoms. The molecule has 6 heteroatoms. The van der Waals surface area contributed by atoms with Gasteiger partial charge in [-0.2, -0.15) is 0 Å². The van der Waals surface area contributed by atoms with Crippen molar-refractivity contribution in [2.45, 2.75) is 25.0 Å². The maximum atomic E-state index is 5.79. The van der Waals surface area contributed by atoms with Gasteiger partial charge in [-0.15, -0.1) is 0 Å². The normalized spacial score (nSPS) is 25.3. The lowest BCUT2D eigenvalue weighted by Gasteiger charge is -2.08. The zero-order chi connectivity index (χ0) is 11.0. The van der Waals surface area contributed by atoms with Gasteiger partial charge in [-0.25, -0.2) is 15.0 Å². The van der Waals surface area contributed by atoms with Gasteiger partial charge in [-0.05, 0) is 12.8 Å². The minimum absolute atomic E-state index is 0.0783. The fourth-order valence-corrected chi connectivity index (χ4v) is 2.83. The molecule has 0 spiro atoms. The highest BCUT2D eigenvalue weighted by Gasteiger charge is 2.28. The number of ether oxygens (including phenoxy) is 1. The fourth-order valence-electron chi connectivity index (χ4n) is 1.89. The Morgan fingerprint density at radius 3 is 3.00 bits per heavy atom. The first kappa shape index (κ1) is 10.1. The molecule has 0 amide bonds. The van der Waals surface area contributed by atoms with Crippen LogP contribution < -0.4 is 5.73 Å². The molecule has 1 fully saturated rings. The second kappa shape index (κ2) is 4.04. The molecule has 16 heavy (non-hydrogen) atoms. The summed E-state index contributed by atoms with van der Waals surface area (Å²) in [6.45, 7) is 0.581. The van der Waals surface area contributed by atoms with E-state index < -0.39 is 0 Å². The molecule has 2 aromatic rings. The van der Waals surface area contributed by atoms with Crippen LogP contribution in [0.5, 0.6) is 0 Å². The summed E-state index contributed by atoms with van der Waals surface area (Å²) in [5, 5.41) is 0.970. The minimum atomic E-state index is 0.0783. The molecule has 5 nitrogen and oxygen atoms in total. The first-order valence-corrected chi connectivity index (χ1v) is 6.11. The molecule has 1 aliphatic heterocycles. The van der Waals surface area contributed by atoms with Crippen molar-refractivity contribution in [2.24, 2.45) is 5.73 Å². The Bertz CT molecular complexity index is 467. The standard InChI is InChI=1S/C10H12N4OS/c11-5-6-1-2-7(15-6)9-14-8-10(16-9)13-4-3-12-8/h3-4,6-7H,1-2,5,11H2. The third-order valence-corrected chi connectivity index (χ3v) is 3.75. The van der Waals surface area contributed by atoms with E-state index in [9.17, 15) is 0 Å². The van der Waals surface area contributed by atoms with Crippen LogP contribution in [0.1, 0.15) is 24.0 Å². The second-order valence-electron chi connectivity index (χ2n) is 3.80. The van der Waals surface area contributed by atoms with Gasteiger partial charge in [0.05, 0.1) is 6.10 Å². The van der Waals surface area contributed by atoms with Gasteiger partial charge in [0, 0.05) is 18.9 Å². The largest absolute Gasteiger partial charge is 0.366 e. The Hall–Kier alpha value is -1.11. The molecule has 0 aliphatic carbocycles. The highest BCUT2D eigenvalue weighted by atomic mass is 32.1. The van der Waals surface area contributed by atoms with Crippen molar-refractivity contribution in [3.63, 3.8) is 0 Å². The SMILES string of the molecule is NCC1CCC(c2nc3nccnc3s2)O1. The van der Waals surface area contributed by atoms with Crippen LogP contribution in [0.25, 0.3) is 10.5 Å². The monoisotopic (exact) mass is 236 g/mol. The van der Waals surface area contributed by atoms with Crippen molar-refractivity contribution < 1.29 is 4.74 Å². The average Bonchev–Trinajstić information content (AvgIpc) is 2.95. The van der Waals surface area contributed by atoms with E-state index in [0.29, 0.717) is 12.2 Å². The molecule has 0 saturated carbocycles. The lowest BCUT2D eigenvalue weighted by Crippen LogP contribution is -2.18. The van der Waals surface area contributed by atoms with Crippen molar-refractivity contribution in [3.05, 3.63) is 17.4 Å². The maximum Gasteiger partial charge on any atom is 0.189 e. The molecule has 1 saturated heterocycles. The van der Waals surface area contributed by atoms with Crippen LogP contribution in [0.15, 0.2) is 12.4 Å². The summed E-state index contributed by atoms with van der Waals surface area (Å²) in [5.74, 6) is 0. The Morgan fingerprint density at radius 1 is 1.38 bits per heavy atom. The summed E-state index contributed by atoms with van der Waals surface area (Å²) in [7, 11) is 0. The van der Waals surface area contributed by atoms with Crippen molar-refractivity contribution in [2.75, 3.05) is 6.54 Å². The Balaban J connectivity index is 1.89. The zero-order valence-corrected chi connectivity index (χ0v) is 9.48. The summed E-state index contributed by atoms with van der Waals surface area (Å²) in [5.41, 5.74) is 6.29. The van der Waals surface area contributed by atoms with Crippen molar-refractivity contribution >= 4 is 21.8 Å². The third-order valence-electron chi connectivity index (χ3n) is 2.71. The Kier molecular flexibility index (Phi) is 2.55.